The lowest BCUT2D eigenvalue weighted by Gasteiger charge is -2.11. The Balaban J connectivity index is 1.69. The molecule has 8 heteroatoms. The smallest absolute Gasteiger partial charge is 0.234 e. The summed E-state index contributed by atoms with van der Waals surface area (Å²) in [6.07, 6.45) is 0.750. The SMILES string of the molecule is CCc1nnc(SCC(=O)Nc2ccc(OC)c(OC)c2)n1-c1ccccc1. The summed E-state index contributed by atoms with van der Waals surface area (Å²) in [5, 5.41) is 12.0. The van der Waals surface area contributed by atoms with Gasteiger partial charge < -0.3 is 14.8 Å². The van der Waals surface area contributed by atoms with Crippen molar-refractivity contribution in [1.29, 1.82) is 0 Å². The Hall–Kier alpha value is -3.00. The summed E-state index contributed by atoms with van der Waals surface area (Å²) in [5.41, 5.74) is 1.62. The van der Waals surface area contributed by atoms with Crippen molar-refractivity contribution in [2.75, 3.05) is 25.3 Å². The quantitative estimate of drug-likeness (QED) is 0.585. The Labute approximate surface area is 168 Å². The molecule has 1 heterocycles. The fourth-order valence-electron chi connectivity index (χ4n) is 2.70. The number of methoxy groups -OCH3 is 2. The van der Waals surface area contributed by atoms with Crippen molar-refractivity contribution in [3.8, 4) is 17.2 Å². The van der Waals surface area contributed by atoms with E-state index in [1.807, 2.05) is 41.8 Å². The number of carbonyl (C=O) groups excluding carboxylic acids is 1. The molecule has 0 unspecified atom stereocenters. The number of rotatable bonds is 8. The second kappa shape index (κ2) is 9.27. The molecule has 3 rings (SSSR count). The number of aryl methyl sites for hydroxylation is 1. The van der Waals surface area contributed by atoms with Crippen LogP contribution < -0.4 is 14.8 Å². The third-order valence-electron chi connectivity index (χ3n) is 4.03. The molecule has 2 aromatic carbocycles. The number of hydrogen-bond acceptors (Lipinski definition) is 6. The van der Waals surface area contributed by atoms with Gasteiger partial charge in [-0.2, -0.15) is 0 Å². The molecule has 3 aromatic rings. The van der Waals surface area contributed by atoms with E-state index in [0.29, 0.717) is 22.3 Å². The Bertz CT molecular complexity index is 944. The number of nitrogens with zero attached hydrogens (tertiary/aromatic N) is 3. The summed E-state index contributed by atoms with van der Waals surface area (Å²) >= 11 is 1.34. The predicted molar refractivity (Wildman–Crippen MR) is 110 cm³/mol. The molecule has 7 nitrogen and oxygen atoms in total. The number of aromatic nitrogens is 3. The van der Waals surface area contributed by atoms with Crippen molar-refractivity contribution in [1.82, 2.24) is 14.8 Å². The van der Waals surface area contributed by atoms with Crippen LogP contribution in [0.5, 0.6) is 11.5 Å². The highest BCUT2D eigenvalue weighted by molar-refractivity contribution is 7.99. The number of benzene rings is 2. The van der Waals surface area contributed by atoms with Gasteiger partial charge in [-0.25, -0.2) is 0 Å². The Morgan fingerprint density at radius 1 is 1.07 bits per heavy atom. The average Bonchev–Trinajstić information content (AvgIpc) is 3.15. The number of thioether (sulfide) groups is 1. The number of nitrogens with one attached hydrogen (secondary N) is 1. The Morgan fingerprint density at radius 2 is 1.82 bits per heavy atom. The summed E-state index contributed by atoms with van der Waals surface area (Å²) < 4.78 is 12.5. The van der Waals surface area contributed by atoms with Gasteiger partial charge in [0.15, 0.2) is 16.7 Å². The summed E-state index contributed by atoms with van der Waals surface area (Å²) in [6, 6.07) is 15.1. The standard InChI is InChI=1S/C20H22N4O3S/c1-4-18-22-23-20(24(18)15-8-6-5-7-9-15)28-13-19(25)21-14-10-11-16(26-2)17(12-14)27-3/h5-12H,4,13H2,1-3H3,(H,21,25). The Morgan fingerprint density at radius 3 is 2.50 bits per heavy atom. The molecular weight excluding hydrogens is 376 g/mol. The zero-order valence-corrected chi connectivity index (χ0v) is 16.8. The van der Waals surface area contributed by atoms with Gasteiger partial charge in [-0.15, -0.1) is 10.2 Å². The lowest BCUT2D eigenvalue weighted by molar-refractivity contribution is -0.113. The van der Waals surface area contributed by atoms with E-state index in [-0.39, 0.29) is 11.7 Å². The summed E-state index contributed by atoms with van der Waals surface area (Å²) in [7, 11) is 3.13. The third kappa shape index (κ3) is 4.45. The van der Waals surface area contributed by atoms with Crippen molar-refractivity contribution in [2.24, 2.45) is 0 Å². The van der Waals surface area contributed by atoms with Crippen molar-refractivity contribution in [3.63, 3.8) is 0 Å². The van der Waals surface area contributed by atoms with E-state index in [1.165, 1.54) is 11.8 Å². The van der Waals surface area contributed by atoms with E-state index >= 15 is 0 Å². The normalized spacial score (nSPS) is 10.5. The zero-order chi connectivity index (χ0) is 19.9. The molecule has 0 bridgehead atoms. The topological polar surface area (TPSA) is 78.3 Å². The van der Waals surface area contributed by atoms with Gasteiger partial charge >= 0.3 is 0 Å². The number of amides is 1. The van der Waals surface area contributed by atoms with Crippen LogP contribution in [0.2, 0.25) is 0 Å². The molecule has 0 radical (unpaired) electrons. The maximum atomic E-state index is 12.4. The summed E-state index contributed by atoms with van der Waals surface area (Å²) in [4.78, 5) is 12.4. The van der Waals surface area contributed by atoms with E-state index in [0.717, 1.165) is 17.9 Å². The molecule has 1 aromatic heterocycles. The van der Waals surface area contributed by atoms with Crippen molar-refractivity contribution in [2.45, 2.75) is 18.5 Å². The van der Waals surface area contributed by atoms with Gasteiger partial charge in [0.1, 0.15) is 5.82 Å². The molecule has 146 valence electrons. The molecular formula is C20H22N4O3S. The second-order valence-corrected chi connectivity index (χ2v) is 6.77. The first kappa shape index (κ1) is 19.8. The van der Waals surface area contributed by atoms with Crippen molar-refractivity contribution >= 4 is 23.4 Å². The number of carbonyl (C=O) groups is 1. The van der Waals surface area contributed by atoms with Crippen LogP contribution in [0.1, 0.15) is 12.7 Å². The largest absolute Gasteiger partial charge is 0.493 e. The molecule has 0 aliphatic rings. The monoisotopic (exact) mass is 398 g/mol. The van der Waals surface area contributed by atoms with Gasteiger partial charge in [0, 0.05) is 23.9 Å². The van der Waals surface area contributed by atoms with Crippen LogP contribution in [0.25, 0.3) is 5.69 Å². The minimum Gasteiger partial charge on any atom is -0.493 e. The van der Waals surface area contributed by atoms with Crippen LogP contribution in [-0.2, 0) is 11.2 Å². The van der Waals surface area contributed by atoms with Gasteiger partial charge in [-0.3, -0.25) is 9.36 Å². The molecule has 0 saturated heterocycles. The van der Waals surface area contributed by atoms with Crippen LogP contribution in [0.3, 0.4) is 0 Å². The first-order valence-electron chi connectivity index (χ1n) is 8.80. The average molecular weight is 398 g/mol. The minimum atomic E-state index is -0.141. The van der Waals surface area contributed by atoms with Gasteiger partial charge in [-0.05, 0) is 24.3 Å². The molecule has 0 fully saturated rings. The number of hydrogen-bond donors (Lipinski definition) is 1. The van der Waals surface area contributed by atoms with Crippen LogP contribution in [0.15, 0.2) is 53.7 Å². The third-order valence-corrected chi connectivity index (χ3v) is 4.96. The van der Waals surface area contributed by atoms with E-state index in [9.17, 15) is 4.79 Å². The van der Waals surface area contributed by atoms with E-state index in [2.05, 4.69) is 15.5 Å². The van der Waals surface area contributed by atoms with E-state index < -0.39 is 0 Å². The van der Waals surface area contributed by atoms with Gasteiger partial charge in [0.25, 0.3) is 0 Å². The summed E-state index contributed by atoms with van der Waals surface area (Å²) in [5.74, 6) is 2.09. The lowest BCUT2D eigenvalue weighted by atomic mass is 10.2. The second-order valence-electron chi connectivity index (χ2n) is 5.83. The Kier molecular flexibility index (Phi) is 6.54. The molecule has 1 N–H and O–H groups in total. The maximum Gasteiger partial charge on any atom is 0.234 e. The zero-order valence-electron chi connectivity index (χ0n) is 16.0. The highest BCUT2D eigenvalue weighted by atomic mass is 32.2. The van der Waals surface area contributed by atoms with E-state index in [1.54, 1.807) is 32.4 Å². The number of para-hydroxylation sites is 1. The first-order chi connectivity index (χ1) is 13.7. The number of anilines is 1. The molecule has 0 saturated carbocycles. The van der Waals surface area contributed by atoms with Crippen molar-refractivity contribution in [3.05, 3.63) is 54.4 Å². The van der Waals surface area contributed by atoms with Gasteiger partial charge in [0.05, 0.1) is 20.0 Å². The predicted octanol–water partition coefficient (Wildman–Crippen LogP) is 3.58. The lowest BCUT2D eigenvalue weighted by Crippen LogP contribution is -2.14. The van der Waals surface area contributed by atoms with Crippen LogP contribution in [0, 0.1) is 0 Å². The number of ether oxygens (including phenoxy) is 2. The van der Waals surface area contributed by atoms with Crippen LogP contribution in [-0.4, -0.2) is 40.6 Å². The summed E-state index contributed by atoms with van der Waals surface area (Å²) in [6.45, 7) is 2.03. The fourth-order valence-corrected chi connectivity index (χ4v) is 3.47. The van der Waals surface area contributed by atoms with Crippen LogP contribution >= 0.6 is 11.8 Å². The molecule has 0 atom stereocenters. The molecule has 1 amide bonds. The van der Waals surface area contributed by atoms with Crippen molar-refractivity contribution < 1.29 is 14.3 Å². The minimum absolute atomic E-state index is 0.141. The fraction of sp³-hybridized carbons (Fsp3) is 0.250. The molecule has 0 aliphatic carbocycles. The maximum absolute atomic E-state index is 12.4. The highest BCUT2D eigenvalue weighted by Gasteiger charge is 2.15. The first-order valence-corrected chi connectivity index (χ1v) is 9.79. The van der Waals surface area contributed by atoms with Crippen LogP contribution in [0.4, 0.5) is 5.69 Å². The molecule has 0 spiro atoms. The molecule has 0 aliphatic heterocycles. The highest BCUT2D eigenvalue weighted by Crippen LogP contribution is 2.30. The molecule has 28 heavy (non-hydrogen) atoms. The van der Waals surface area contributed by atoms with Gasteiger partial charge in [-0.1, -0.05) is 36.9 Å². The van der Waals surface area contributed by atoms with E-state index in [4.69, 9.17) is 9.47 Å². The van der Waals surface area contributed by atoms with Gasteiger partial charge in [0.2, 0.25) is 5.91 Å².